The van der Waals surface area contributed by atoms with Gasteiger partial charge in [-0.1, -0.05) is 0 Å². The van der Waals surface area contributed by atoms with Crippen LogP contribution < -0.4 is 19.3 Å². The third-order valence-corrected chi connectivity index (χ3v) is 3.79. The van der Waals surface area contributed by atoms with E-state index in [1.54, 1.807) is 9.80 Å². The summed E-state index contributed by atoms with van der Waals surface area (Å²) in [6, 6.07) is 0. The molecule has 2 aliphatic heterocycles. The first-order valence-electron chi connectivity index (χ1n) is 7.93. The lowest BCUT2D eigenvalue weighted by Crippen LogP contribution is -2.39. The van der Waals surface area contributed by atoms with Crippen molar-refractivity contribution in [3.8, 4) is 11.8 Å². The molecule has 3 heterocycles. The summed E-state index contributed by atoms with van der Waals surface area (Å²) in [6.45, 7) is 3.34. The summed E-state index contributed by atoms with van der Waals surface area (Å²) in [4.78, 5) is 33.9. The molecule has 1 aromatic rings. The van der Waals surface area contributed by atoms with Gasteiger partial charge in [0.05, 0.1) is 26.4 Å². The first-order chi connectivity index (χ1) is 12.5. The van der Waals surface area contributed by atoms with Crippen molar-refractivity contribution in [2.24, 2.45) is 0 Å². The summed E-state index contributed by atoms with van der Waals surface area (Å²) >= 11 is 0. The van der Waals surface area contributed by atoms with E-state index in [0.717, 1.165) is 0 Å². The van der Waals surface area contributed by atoms with E-state index in [1.165, 1.54) is 0 Å². The van der Waals surface area contributed by atoms with Crippen molar-refractivity contribution >= 4 is 23.9 Å². The molecule has 3 rings (SSSR count). The Morgan fingerprint density at radius 3 is 1.42 bits per heavy atom. The molecule has 0 aromatic carbocycles. The van der Waals surface area contributed by atoms with Gasteiger partial charge in [-0.25, -0.2) is 9.59 Å². The fourth-order valence-electron chi connectivity index (χ4n) is 2.65. The molecule has 0 spiro atoms. The summed E-state index contributed by atoms with van der Waals surface area (Å²) in [5, 5.41) is 18.0. The van der Waals surface area contributed by atoms with Crippen LogP contribution >= 0.6 is 0 Å². The van der Waals surface area contributed by atoms with Crippen LogP contribution in [-0.2, 0) is 9.47 Å². The van der Waals surface area contributed by atoms with Gasteiger partial charge in [0.15, 0.2) is 11.6 Å². The highest BCUT2D eigenvalue weighted by atomic mass is 16.7. The zero-order valence-electron chi connectivity index (χ0n) is 13.8. The lowest BCUT2D eigenvalue weighted by molar-refractivity contribution is 0.119. The Labute approximate surface area is 147 Å². The van der Waals surface area contributed by atoms with Crippen LogP contribution in [0, 0.1) is 0 Å². The number of nitrogens with zero attached hydrogens (tertiary/aromatic N) is 4. The highest BCUT2D eigenvalue weighted by Gasteiger charge is 2.28. The Balaban J connectivity index is 2.03. The molecule has 0 amide bonds. The molecule has 0 bridgehead atoms. The smallest absolute Gasteiger partial charge is 0.449 e. The molecule has 0 atom stereocenters. The lowest BCUT2D eigenvalue weighted by atomic mass is 10.3. The Hall–Kier alpha value is -2.86. The average molecular weight is 370 g/mol. The number of aromatic nitrogens is 2. The van der Waals surface area contributed by atoms with Gasteiger partial charge in [-0.15, -0.1) is 0 Å². The zero-order chi connectivity index (χ0) is 18.5. The number of carbonyl (C=O) groups is 2. The molecule has 0 unspecified atom stereocenters. The van der Waals surface area contributed by atoms with E-state index in [2.05, 4.69) is 9.97 Å². The fourth-order valence-corrected chi connectivity index (χ4v) is 2.65. The van der Waals surface area contributed by atoms with E-state index in [-0.39, 0.29) is 23.4 Å². The SMILES string of the molecule is O=C(O)Oc1nc(N2CCOCC2)c(OC(=O)O)nc1N1CCOCC1. The highest BCUT2D eigenvalue weighted by Crippen LogP contribution is 2.34. The van der Waals surface area contributed by atoms with Crippen molar-refractivity contribution in [3.05, 3.63) is 0 Å². The summed E-state index contributed by atoms with van der Waals surface area (Å²) in [5.74, 6) is -0.301. The van der Waals surface area contributed by atoms with E-state index in [9.17, 15) is 9.59 Å². The highest BCUT2D eigenvalue weighted by molar-refractivity contribution is 5.69. The molecule has 1 aromatic heterocycles. The molecule has 12 heteroatoms. The average Bonchev–Trinajstić information content (AvgIpc) is 2.63. The number of hydrogen-bond donors (Lipinski definition) is 2. The molecular formula is C14H18N4O8. The first kappa shape index (κ1) is 17.9. The summed E-state index contributed by atoms with van der Waals surface area (Å²) in [7, 11) is 0. The van der Waals surface area contributed by atoms with E-state index in [0.29, 0.717) is 52.6 Å². The van der Waals surface area contributed by atoms with Crippen LogP contribution in [0.15, 0.2) is 0 Å². The van der Waals surface area contributed by atoms with Gasteiger partial charge >= 0.3 is 12.3 Å². The molecule has 2 N–H and O–H groups in total. The van der Waals surface area contributed by atoms with Gasteiger partial charge in [0.1, 0.15) is 0 Å². The Morgan fingerprint density at radius 1 is 0.769 bits per heavy atom. The van der Waals surface area contributed by atoms with Crippen LogP contribution in [0.1, 0.15) is 0 Å². The van der Waals surface area contributed by atoms with Gasteiger partial charge < -0.3 is 39.0 Å². The Kier molecular flexibility index (Phi) is 5.53. The number of ether oxygens (including phenoxy) is 4. The number of anilines is 2. The summed E-state index contributed by atoms with van der Waals surface area (Å²) in [5.41, 5.74) is 0. The second kappa shape index (κ2) is 8.01. The van der Waals surface area contributed by atoms with E-state index >= 15 is 0 Å². The quantitative estimate of drug-likeness (QED) is 0.701. The second-order valence-corrected chi connectivity index (χ2v) is 5.42. The predicted octanol–water partition coefficient (Wildman–Crippen LogP) is 0.263. The zero-order valence-corrected chi connectivity index (χ0v) is 13.8. The number of rotatable bonds is 4. The third kappa shape index (κ3) is 4.21. The minimum absolute atomic E-state index is 0.0870. The minimum Gasteiger partial charge on any atom is -0.449 e. The molecule has 0 radical (unpaired) electrons. The number of morpholine rings is 2. The van der Waals surface area contributed by atoms with Crippen LogP contribution in [0.2, 0.25) is 0 Å². The molecule has 2 saturated heterocycles. The fraction of sp³-hybridized carbons (Fsp3) is 0.571. The van der Waals surface area contributed by atoms with Gasteiger partial charge in [-0.3, -0.25) is 0 Å². The van der Waals surface area contributed by atoms with Crippen LogP contribution in [0.3, 0.4) is 0 Å². The van der Waals surface area contributed by atoms with Crippen LogP contribution in [0.5, 0.6) is 11.8 Å². The first-order valence-corrected chi connectivity index (χ1v) is 7.93. The molecule has 142 valence electrons. The van der Waals surface area contributed by atoms with Crippen molar-refractivity contribution in [2.45, 2.75) is 0 Å². The molecule has 12 nitrogen and oxygen atoms in total. The number of carboxylic acid groups (broad SMARTS) is 2. The molecular weight excluding hydrogens is 352 g/mol. The molecule has 2 fully saturated rings. The standard InChI is InChI=1S/C14H18N4O8/c19-13(20)25-11-9(17-1-5-23-6-2-17)15-12(26-14(21)22)10(16-11)18-3-7-24-8-4-18/h1-8H2,(H,19,20)(H,21,22). The van der Waals surface area contributed by atoms with Gasteiger partial charge in [-0.2, -0.15) is 9.97 Å². The summed E-state index contributed by atoms with van der Waals surface area (Å²) in [6.07, 6.45) is -3.10. The van der Waals surface area contributed by atoms with E-state index in [4.69, 9.17) is 29.2 Å². The Bertz CT molecular complexity index is 615. The lowest BCUT2D eigenvalue weighted by Gasteiger charge is -2.31. The topological polar surface area (TPSA) is 144 Å². The van der Waals surface area contributed by atoms with Crippen molar-refractivity contribution in [1.29, 1.82) is 0 Å². The third-order valence-electron chi connectivity index (χ3n) is 3.79. The molecule has 0 aliphatic carbocycles. The molecule has 2 aliphatic rings. The normalized spacial score (nSPS) is 17.7. The van der Waals surface area contributed by atoms with Crippen molar-refractivity contribution < 1.29 is 38.7 Å². The maximum absolute atomic E-state index is 11.1. The van der Waals surface area contributed by atoms with Crippen molar-refractivity contribution in [3.63, 3.8) is 0 Å². The molecule has 26 heavy (non-hydrogen) atoms. The largest absolute Gasteiger partial charge is 0.512 e. The van der Waals surface area contributed by atoms with Crippen molar-refractivity contribution in [1.82, 2.24) is 9.97 Å². The minimum atomic E-state index is -1.55. The van der Waals surface area contributed by atoms with Gasteiger partial charge in [0, 0.05) is 26.2 Å². The maximum Gasteiger partial charge on any atom is 0.512 e. The molecule has 0 saturated carbocycles. The monoisotopic (exact) mass is 370 g/mol. The Morgan fingerprint density at radius 2 is 1.12 bits per heavy atom. The van der Waals surface area contributed by atoms with E-state index < -0.39 is 12.3 Å². The van der Waals surface area contributed by atoms with Crippen molar-refractivity contribution in [2.75, 3.05) is 62.4 Å². The number of hydrogen-bond acceptors (Lipinski definition) is 10. The van der Waals surface area contributed by atoms with Gasteiger partial charge in [0.2, 0.25) is 0 Å². The second-order valence-electron chi connectivity index (χ2n) is 5.42. The van der Waals surface area contributed by atoms with Crippen LogP contribution in [0.25, 0.3) is 0 Å². The maximum atomic E-state index is 11.1. The van der Waals surface area contributed by atoms with E-state index in [1.807, 2.05) is 0 Å². The van der Waals surface area contributed by atoms with Gasteiger partial charge in [-0.05, 0) is 0 Å². The summed E-state index contributed by atoms with van der Waals surface area (Å²) < 4.78 is 20.1. The van der Waals surface area contributed by atoms with Crippen LogP contribution in [-0.4, -0.2) is 85.1 Å². The predicted molar refractivity (Wildman–Crippen MR) is 85.4 cm³/mol. The van der Waals surface area contributed by atoms with Crippen LogP contribution in [0.4, 0.5) is 21.2 Å². The van der Waals surface area contributed by atoms with Gasteiger partial charge in [0.25, 0.3) is 11.8 Å².